The number of β-lactam (4-membered cyclic amide) rings is 2. The van der Waals surface area contributed by atoms with Crippen molar-refractivity contribution < 1.29 is 28.7 Å². The number of hydrogen-bond donors (Lipinski definition) is 0. The van der Waals surface area contributed by atoms with Crippen LogP contribution in [0.15, 0.2) is 146 Å². The summed E-state index contributed by atoms with van der Waals surface area (Å²) in [5.74, 6) is -0.396. The predicted molar refractivity (Wildman–Crippen MR) is 241 cm³/mol. The summed E-state index contributed by atoms with van der Waals surface area (Å²) in [6, 6.07) is 39.8. The molecule has 0 radical (unpaired) electrons. The lowest BCUT2D eigenvalue weighted by molar-refractivity contribution is -0.161. The lowest BCUT2D eigenvalue weighted by atomic mass is 9.84. The van der Waals surface area contributed by atoms with E-state index in [0.717, 1.165) is 44.5 Å². The van der Waals surface area contributed by atoms with Gasteiger partial charge in [-0.15, -0.1) is 10.2 Å². The number of amides is 4. The first kappa shape index (κ1) is 40.4. The highest BCUT2D eigenvalue weighted by molar-refractivity contribution is 5.94. The summed E-state index contributed by atoms with van der Waals surface area (Å²) >= 11 is 0. The SMILES string of the molecule is O=C1[C@H](N2C(=O)OC[C@@H]2c2ccccc2)[C@H]2c3ccc(cc3)-c3cn(nn3)Cc3cccc(c3)Cn3cc(nn3)-c3ccc(cc3)[C@@H]3[C@@H](N4C(=O)OC[C@@H]4c4ccccc4)C(=O)N3CCCN12. The first-order valence-corrected chi connectivity index (χ1v) is 22.6. The topological polar surface area (TPSA) is 161 Å². The molecule has 7 aromatic rings. The van der Waals surface area contributed by atoms with Crippen LogP contribution in [0.3, 0.4) is 0 Å². The van der Waals surface area contributed by atoms with Crippen LogP contribution in [-0.2, 0) is 32.2 Å². The van der Waals surface area contributed by atoms with Gasteiger partial charge in [0.15, 0.2) is 0 Å². The molecule has 0 unspecified atom stereocenters. The van der Waals surface area contributed by atoms with Crippen LogP contribution in [-0.4, -0.2) is 112 Å². The molecule has 6 atom stereocenters. The number of ether oxygens (including phenoxy) is 2. The van der Waals surface area contributed by atoms with Crippen LogP contribution in [0.5, 0.6) is 0 Å². The van der Waals surface area contributed by atoms with Crippen molar-refractivity contribution in [3.8, 4) is 22.5 Å². The van der Waals surface area contributed by atoms with E-state index in [9.17, 15) is 19.2 Å². The zero-order valence-electron chi connectivity index (χ0n) is 36.2. The molecule has 67 heavy (non-hydrogen) atoms. The second-order valence-corrected chi connectivity index (χ2v) is 17.7. The van der Waals surface area contributed by atoms with Crippen LogP contribution < -0.4 is 0 Å². The van der Waals surface area contributed by atoms with Crippen molar-refractivity contribution in [2.75, 3.05) is 26.3 Å². The maximum absolute atomic E-state index is 14.5. The van der Waals surface area contributed by atoms with Gasteiger partial charge in [-0.2, -0.15) is 0 Å². The molecule has 4 saturated heterocycles. The molecule has 0 spiro atoms. The lowest BCUT2D eigenvalue weighted by Gasteiger charge is -2.53. The third-order valence-electron chi connectivity index (χ3n) is 13.8. The molecule has 8 aliphatic heterocycles. The van der Waals surface area contributed by atoms with Gasteiger partial charge in [-0.1, -0.05) is 144 Å². The van der Waals surface area contributed by atoms with Gasteiger partial charge in [0, 0.05) is 24.2 Å². The minimum Gasteiger partial charge on any atom is -0.447 e. The third-order valence-corrected chi connectivity index (χ3v) is 13.8. The molecule has 2 aromatic heterocycles. The van der Waals surface area contributed by atoms with Gasteiger partial charge in [0.05, 0.1) is 49.7 Å². The number of carbonyl (C=O) groups is 4. The first-order valence-electron chi connectivity index (χ1n) is 22.6. The molecule has 15 rings (SSSR count). The first-order chi connectivity index (χ1) is 32.9. The molecule has 16 nitrogen and oxygen atoms in total. The number of aromatic nitrogens is 6. The van der Waals surface area contributed by atoms with Crippen LogP contribution in [0.1, 0.15) is 64.0 Å². The lowest BCUT2D eigenvalue weighted by Crippen LogP contribution is -2.67. The molecule has 4 amide bonds. The van der Waals surface area contributed by atoms with Crippen LogP contribution in [0, 0.1) is 0 Å². The Morgan fingerprint density at radius 1 is 0.463 bits per heavy atom. The van der Waals surface area contributed by atoms with E-state index < -0.39 is 48.4 Å². The number of benzene rings is 5. The predicted octanol–water partition coefficient (Wildman–Crippen LogP) is 6.59. The van der Waals surface area contributed by atoms with Gasteiger partial charge in [0.1, 0.15) is 36.7 Å². The zero-order valence-corrected chi connectivity index (χ0v) is 36.2. The fourth-order valence-corrected chi connectivity index (χ4v) is 10.5. The maximum atomic E-state index is 14.5. The monoisotopic (exact) mass is 892 g/mol. The molecule has 0 N–H and O–H groups in total. The van der Waals surface area contributed by atoms with Crippen LogP contribution in [0.4, 0.5) is 9.59 Å². The van der Waals surface area contributed by atoms with E-state index >= 15 is 0 Å². The van der Waals surface area contributed by atoms with Crippen LogP contribution in [0.25, 0.3) is 22.5 Å². The number of rotatable bonds is 4. The van der Waals surface area contributed by atoms with Crippen molar-refractivity contribution >= 4 is 24.0 Å². The van der Waals surface area contributed by atoms with Crippen molar-refractivity contribution in [3.05, 3.63) is 179 Å². The van der Waals surface area contributed by atoms with E-state index in [1.165, 1.54) is 0 Å². The number of hydrogen-bond acceptors (Lipinski definition) is 10. The van der Waals surface area contributed by atoms with Gasteiger partial charge in [0.2, 0.25) is 11.8 Å². The van der Waals surface area contributed by atoms with Gasteiger partial charge in [0.25, 0.3) is 0 Å². The van der Waals surface area contributed by atoms with E-state index in [1.807, 2.05) is 137 Å². The smallest absolute Gasteiger partial charge is 0.411 e. The Labute approximate surface area is 384 Å². The van der Waals surface area contributed by atoms with Gasteiger partial charge in [-0.3, -0.25) is 19.4 Å². The normalized spacial score (nSPS) is 23.6. The molecule has 10 bridgehead atoms. The highest BCUT2D eigenvalue weighted by atomic mass is 16.6. The molecule has 16 heteroatoms. The van der Waals surface area contributed by atoms with E-state index in [0.29, 0.717) is 44.0 Å². The molecule has 5 aromatic carbocycles. The average Bonchev–Trinajstić information content (AvgIpc) is 4.19. The Morgan fingerprint density at radius 3 is 1.33 bits per heavy atom. The number of carbonyl (C=O) groups excluding carboxylic acids is 4. The van der Waals surface area contributed by atoms with Crippen LogP contribution >= 0.6 is 0 Å². The molecule has 0 aliphatic carbocycles. The number of nitrogens with zero attached hydrogens (tertiary/aromatic N) is 10. The van der Waals surface area contributed by atoms with E-state index in [-0.39, 0.29) is 25.0 Å². The third kappa shape index (κ3) is 7.06. The minimum absolute atomic E-state index is 0.134. The summed E-state index contributed by atoms with van der Waals surface area (Å²) < 4.78 is 14.9. The van der Waals surface area contributed by atoms with Crippen molar-refractivity contribution in [3.63, 3.8) is 0 Å². The van der Waals surface area contributed by atoms with Crippen molar-refractivity contribution in [1.29, 1.82) is 0 Å². The molecule has 8 aliphatic rings. The second kappa shape index (κ2) is 16.4. The highest BCUT2D eigenvalue weighted by Gasteiger charge is 2.58. The summed E-state index contributed by atoms with van der Waals surface area (Å²) in [6.45, 7) is 1.91. The highest BCUT2D eigenvalue weighted by Crippen LogP contribution is 2.46. The zero-order chi connectivity index (χ0) is 45.2. The van der Waals surface area contributed by atoms with Gasteiger partial charge in [-0.05, 0) is 39.8 Å². The molecule has 10 heterocycles. The van der Waals surface area contributed by atoms with Crippen molar-refractivity contribution in [1.82, 2.24) is 49.6 Å². The van der Waals surface area contributed by atoms with E-state index in [4.69, 9.17) is 9.47 Å². The molecule has 0 saturated carbocycles. The van der Waals surface area contributed by atoms with E-state index in [1.54, 1.807) is 19.6 Å². The van der Waals surface area contributed by atoms with Gasteiger partial charge < -0.3 is 19.3 Å². The number of cyclic esters (lactones) is 2. The summed E-state index contributed by atoms with van der Waals surface area (Å²) in [5, 5.41) is 17.9. The Hall–Kier alpha value is -8.14. The Morgan fingerprint density at radius 2 is 0.896 bits per heavy atom. The fourth-order valence-electron chi connectivity index (χ4n) is 10.5. The molecule has 334 valence electrons. The minimum atomic E-state index is -0.812. The van der Waals surface area contributed by atoms with Crippen molar-refractivity contribution in [2.45, 2.75) is 55.8 Å². The largest absolute Gasteiger partial charge is 0.447 e. The standard InChI is InChI=1S/C51H44N10O6/c62-48-46(60-42(30-66-50(60)64)36-11-3-1-4-12-36)44-38-19-15-34(16-20-38)40-28-56(54-52-40)26-32-9-7-10-33(25-32)27-57-29-41(53-55-57)35-17-21-39(22-18-35)45-47(49(63)59(45)24-8-23-58(44)48)61-43(31-67-51(61)65)37-13-5-2-6-14-37/h1-7,9-22,25,28-29,42-47H,8,23-24,26-27,30-31H2/t42-,43-,44-,45-,46-,47-/m1/s1. The Kier molecular flexibility index (Phi) is 9.87. The molecular formula is C51H44N10O6. The Bertz CT molecular complexity index is 2820. The molecule has 4 fully saturated rings. The molecular weight excluding hydrogens is 849 g/mol. The summed E-state index contributed by atoms with van der Waals surface area (Å²) in [6.07, 6.45) is 3.19. The Balaban J connectivity index is 0.901. The van der Waals surface area contributed by atoms with Gasteiger partial charge in [-0.25, -0.2) is 19.0 Å². The summed E-state index contributed by atoms with van der Waals surface area (Å²) in [4.78, 5) is 62.9. The summed E-state index contributed by atoms with van der Waals surface area (Å²) in [7, 11) is 0. The van der Waals surface area contributed by atoms with E-state index in [2.05, 4.69) is 38.8 Å². The maximum Gasteiger partial charge on any atom is 0.411 e. The fraction of sp³-hybridized carbons (Fsp3) is 0.255. The quantitative estimate of drug-likeness (QED) is 0.176. The van der Waals surface area contributed by atoms with Crippen LogP contribution in [0.2, 0.25) is 0 Å². The van der Waals surface area contributed by atoms with Crippen molar-refractivity contribution in [2.24, 2.45) is 0 Å². The van der Waals surface area contributed by atoms with Gasteiger partial charge >= 0.3 is 12.2 Å². The second-order valence-electron chi connectivity index (χ2n) is 17.7. The average molecular weight is 893 g/mol. The summed E-state index contributed by atoms with van der Waals surface area (Å²) in [5.41, 5.74) is 8.66.